The molecule has 1 aromatic rings. The summed E-state index contributed by atoms with van der Waals surface area (Å²) in [5.74, 6) is -0.809. The van der Waals surface area contributed by atoms with Crippen molar-refractivity contribution in [3.8, 4) is 0 Å². The number of hydrogen-bond donors (Lipinski definition) is 4. The first-order chi connectivity index (χ1) is 8.56. The molecular formula is C10H13N3O5. The van der Waals surface area contributed by atoms with Crippen molar-refractivity contribution >= 4 is 5.91 Å². The number of aliphatic hydroxyl groups is 3. The van der Waals surface area contributed by atoms with E-state index in [0.717, 1.165) is 0 Å². The summed E-state index contributed by atoms with van der Waals surface area (Å²) in [6.07, 6.45) is -1.96. The maximum atomic E-state index is 11.2. The van der Waals surface area contributed by atoms with E-state index in [4.69, 9.17) is 15.6 Å². The summed E-state index contributed by atoms with van der Waals surface area (Å²) >= 11 is 0. The highest BCUT2D eigenvalue weighted by atomic mass is 16.6. The van der Waals surface area contributed by atoms with Crippen LogP contribution in [0, 0.1) is 0 Å². The number of ether oxygens (including phenoxy) is 1. The topological polar surface area (TPSA) is 139 Å². The number of primary amides is 1. The van der Waals surface area contributed by atoms with Gasteiger partial charge in [-0.05, 0) is 0 Å². The van der Waals surface area contributed by atoms with Crippen LogP contribution in [0.4, 0.5) is 0 Å². The van der Waals surface area contributed by atoms with E-state index in [1.807, 2.05) is 0 Å². The van der Waals surface area contributed by atoms with E-state index in [1.54, 1.807) is 0 Å². The van der Waals surface area contributed by atoms with Crippen molar-refractivity contribution in [2.45, 2.75) is 24.4 Å². The van der Waals surface area contributed by atoms with Gasteiger partial charge in [-0.1, -0.05) is 0 Å². The highest BCUT2D eigenvalue weighted by Crippen LogP contribution is 2.33. The minimum atomic E-state index is -1.31. The third kappa shape index (κ3) is 2.06. The monoisotopic (exact) mass is 255 g/mol. The van der Waals surface area contributed by atoms with E-state index in [9.17, 15) is 15.0 Å². The molecule has 0 aromatic carbocycles. The van der Waals surface area contributed by atoms with Crippen molar-refractivity contribution in [2.75, 3.05) is 6.61 Å². The molecule has 0 aliphatic carbocycles. The van der Waals surface area contributed by atoms with Gasteiger partial charge in [0.2, 0.25) is 0 Å². The van der Waals surface area contributed by atoms with Crippen molar-refractivity contribution in [2.24, 2.45) is 5.73 Å². The number of nitrogens with zero attached hydrogens (tertiary/aromatic N) is 2. The summed E-state index contributed by atoms with van der Waals surface area (Å²) < 4.78 is 5.25. The van der Waals surface area contributed by atoms with Crippen molar-refractivity contribution in [1.82, 2.24) is 9.97 Å². The van der Waals surface area contributed by atoms with E-state index >= 15 is 0 Å². The zero-order chi connectivity index (χ0) is 13.3. The van der Waals surface area contributed by atoms with Gasteiger partial charge in [0.1, 0.15) is 30.1 Å². The molecule has 0 bridgehead atoms. The molecule has 1 aliphatic rings. The summed E-state index contributed by atoms with van der Waals surface area (Å²) in [5.41, 5.74) is 5.06. The fraction of sp³-hybridized carbons (Fsp3) is 0.500. The molecule has 1 saturated heterocycles. The van der Waals surface area contributed by atoms with Crippen molar-refractivity contribution in [1.29, 1.82) is 0 Å². The molecule has 0 saturated carbocycles. The second-order valence-electron chi connectivity index (χ2n) is 3.91. The Labute approximate surface area is 102 Å². The van der Waals surface area contributed by atoms with E-state index < -0.39 is 36.9 Å². The summed E-state index contributed by atoms with van der Waals surface area (Å²) in [6.45, 7) is -0.457. The summed E-state index contributed by atoms with van der Waals surface area (Å²) in [6, 6.07) is 0. The van der Waals surface area contributed by atoms with Crippen LogP contribution in [0.25, 0.3) is 0 Å². The van der Waals surface area contributed by atoms with Gasteiger partial charge in [0.05, 0.1) is 6.61 Å². The van der Waals surface area contributed by atoms with Gasteiger partial charge < -0.3 is 25.8 Å². The molecule has 2 rings (SSSR count). The minimum Gasteiger partial charge on any atom is -0.394 e. The fourth-order valence-electron chi connectivity index (χ4n) is 1.87. The zero-order valence-corrected chi connectivity index (χ0v) is 9.30. The van der Waals surface area contributed by atoms with Crippen LogP contribution in [-0.2, 0) is 4.74 Å². The van der Waals surface area contributed by atoms with Gasteiger partial charge in [-0.2, -0.15) is 0 Å². The number of amides is 1. The van der Waals surface area contributed by atoms with Crippen LogP contribution < -0.4 is 5.73 Å². The maximum absolute atomic E-state index is 11.2. The largest absolute Gasteiger partial charge is 0.394 e. The summed E-state index contributed by atoms with van der Waals surface area (Å²) in [5, 5.41) is 28.4. The molecule has 1 aliphatic heterocycles. The molecule has 0 spiro atoms. The first-order valence-electron chi connectivity index (χ1n) is 5.29. The number of nitrogens with two attached hydrogens (primary N) is 1. The Hall–Kier alpha value is -1.61. The standard InChI is InChI=1S/C10H13N3O5/c11-10(17)6-5(12-1-2-13-6)9-8(16)7(15)4(3-14)18-9/h1-2,4,7-9,14-16H,3H2,(H2,11,17)/t4-,7-,8-,9?/m1/s1. The second-order valence-corrected chi connectivity index (χ2v) is 3.91. The first-order valence-corrected chi connectivity index (χ1v) is 5.29. The molecule has 2 heterocycles. The number of rotatable bonds is 3. The predicted octanol–water partition coefficient (Wildman–Crippen LogP) is -2.27. The van der Waals surface area contributed by atoms with Crippen LogP contribution in [0.5, 0.6) is 0 Å². The van der Waals surface area contributed by atoms with Crippen molar-refractivity contribution in [3.63, 3.8) is 0 Å². The molecule has 1 amide bonds. The number of carbonyl (C=O) groups excluding carboxylic acids is 1. The number of carbonyl (C=O) groups is 1. The number of hydrogen-bond acceptors (Lipinski definition) is 7. The van der Waals surface area contributed by atoms with Gasteiger partial charge in [0.15, 0.2) is 5.69 Å². The van der Waals surface area contributed by atoms with Crippen LogP contribution in [0.3, 0.4) is 0 Å². The van der Waals surface area contributed by atoms with Crippen LogP contribution in [0.1, 0.15) is 22.3 Å². The lowest BCUT2D eigenvalue weighted by Crippen LogP contribution is -2.32. The minimum absolute atomic E-state index is 0.0486. The van der Waals surface area contributed by atoms with Gasteiger partial charge in [-0.25, -0.2) is 4.98 Å². The SMILES string of the molecule is NC(=O)c1nccnc1C1O[C@H](CO)[C@@H](O)[C@H]1O. The van der Waals surface area contributed by atoms with Gasteiger partial charge >= 0.3 is 0 Å². The molecule has 4 atom stereocenters. The molecule has 0 radical (unpaired) electrons. The van der Waals surface area contributed by atoms with Gasteiger partial charge in [-0.15, -0.1) is 0 Å². The molecule has 1 aromatic heterocycles. The molecule has 1 fully saturated rings. The van der Waals surface area contributed by atoms with Crippen LogP contribution >= 0.6 is 0 Å². The lowest BCUT2D eigenvalue weighted by molar-refractivity contribution is -0.0242. The fourth-order valence-corrected chi connectivity index (χ4v) is 1.87. The van der Waals surface area contributed by atoms with Crippen LogP contribution in [-0.4, -0.2) is 56.1 Å². The third-order valence-corrected chi connectivity index (χ3v) is 2.77. The van der Waals surface area contributed by atoms with Crippen molar-refractivity contribution in [3.05, 3.63) is 23.8 Å². The Morgan fingerprint density at radius 1 is 1.33 bits per heavy atom. The summed E-state index contributed by atoms with van der Waals surface area (Å²) in [4.78, 5) is 18.8. The summed E-state index contributed by atoms with van der Waals surface area (Å²) in [7, 11) is 0. The number of aliphatic hydroxyl groups excluding tert-OH is 3. The number of aromatic nitrogens is 2. The second kappa shape index (κ2) is 4.94. The smallest absolute Gasteiger partial charge is 0.269 e. The molecule has 18 heavy (non-hydrogen) atoms. The zero-order valence-electron chi connectivity index (χ0n) is 9.30. The third-order valence-electron chi connectivity index (χ3n) is 2.77. The first kappa shape index (κ1) is 12.8. The lowest BCUT2D eigenvalue weighted by Gasteiger charge is -2.15. The van der Waals surface area contributed by atoms with Crippen LogP contribution in [0.2, 0.25) is 0 Å². The Kier molecular flexibility index (Phi) is 3.53. The van der Waals surface area contributed by atoms with Crippen LogP contribution in [0.15, 0.2) is 12.4 Å². The Balaban J connectivity index is 2.35. The van der Waals surface area contributed by atoms with Crippen molar-refractivity contribution < 1.29 is 24.9 Å². The highest BCUT2D eigenvalue weighted by molar-refractivity contribution is 5.91. The average molecular weight is 255 g/mol. The maximum Gasteiger partial charge on any atom is 0.269 e. The van der Waals surface area contributed by atoms with E-state index in [1.165, 1.54) is 12.4 Å². The van der Waals surface area contributed by atoms with Gasteiger partial charge in [0.25, 0.3) is 5.91 Å². The molecule has 8 heteroatoms. The Bertz CT molecular complexity index is 455. The molecule has 1 unspecified atom stereocenters. The molecule has 5 N–H and O–H groups in total. The molecule has 8 nitrogen and oxygen atoms in total. The van der Waals surface area contributed by atoms with E-state index in [2.05, 4.69) is 9.97 Å². The normalized spacial score (nSPS) is 31.5. The van der Waals surface area contributed by atoms with Gasteiger partial charge in [-0.3, -0.25) is 9.78 Å². The Morgan fingerprint density at radius 2 is 2.00 bits per heavy atom. The van der Waals surface area contributed by atoms with E-state index in [0.29, 0.717) is 0 Å². The predicted molar refractivity (Wildman–Crippen MR) is 57.3 cm³/mol. The molecular weight excluding hydrogens is 242 g/mol. The van der Waals surface area contributed by atoms with Gasteiger partial charge in [0, 0.05) is 12.4 Å². The average Bonchev–Trinajstić information content (AvgIpc) is 2.66. The quantitative estimate of drug-likeness (QED) is 0.477. The molecule has 98 valence electrons. The van der Waals surface area contributed by atoms with E-state index in [-0.39, 0.29) is 11.4 Å². The highest BCUT2D eigenvalue weighted by Gasteiger charge is 2.45. The Morgan fingerprint density at radius 3 is 2.56 bits per heavy atom. The lowest BCUT2D eigenvalue weighted by atomic mass is 10.0.